The summed E-state index contributed by atoms with van der Waals surface area (Å²) >= 11 is 9.25. The first-order valence-corrected chi connectivity index (χ1v) is 8.31. The average Bonchev–Trinajstić information content (AvgIpc) is 2.80. The Morgan fingerprint density at radius 3 is 2.28 bits per heavy atom. The first kappa shape index (κ1) is 17.8. The molecule has 0 radical (unpaired) electrons. The third-order valence-electron chi connectivity index (χ3n) is 3.90. The zero-order valence-electron chi connectivity index (χ0n) is 13.2. The van der Waals surface area contributed by atoms with Gasteiger partial charge in [0.05, 0.1) is 12.7 Å². The lowest BCUT2D eigenvalue weighted by molar-refractivity contribution is -0.129. The Hall–Kier alpha value is -1.99. The van der Waals surface area contributed by atoms with Crippen LogP contribution in [0.3, 0.4) is 0 Å². The van der Waals surface area contributed by atoms with Crippen LogP contribution in [0.15, 0.2) is 41.5 Å². The summed E-state index contributed by atoms with van der Waals surface area (Å²) in [5.41, 5.74) is -0.0232. The lowest BCUT2D eigenvalue weighted by Crippen LogP contribution is -2.38. The van der Waals surface area contributed by atoms with Crippen LogP contribution < -0.4 is 4.74 Å². The number of ether oxygens (including phenoxy) is 1. The van der Waals surface area contributed by atoms with E-state index in [-0.39, 0.29) is 11.5 Å². The van der Waals surface area contributed by atoms with Crippen LogP contribution in [0.25, 0.3) is 0 Å². The van der Waals surface area contributed by atoms with Gasteiger partial charge in [0.2, 0.25) is 0 Å². The van der Waals surface area contributed by atoms with Crippen LogP contribution >= 0.6 is 27.5 Å². The predicted molar refractivity (Wildman–Crippen MR) is 94.3 cm³/mol. The molecule has 0 aromatic heterocycles. The minimum absolute atomic E-state index is 0.0312. The van der Waals surface area contributed by atoms with Crippen molar-refractivity contribution in [2.24, 2.45) is 5.10 Å². The molecule has 0 aliphatic carbocycles. The van der Waals surface area contributed by atoms with E-state index in [1.54, 1.807) is 24.3 Å². The van der Waals surface area contributed by atoms with E-state index in [4.69, 9.17) is 16.3 Å². The first-order valence-electron chi connectivity index (χ1n) is 7.14. The highest BCUT2D eigenvalue weighted by Gasteiger charge is 2.51. The monoisotopic (exact) mass is 428 g/mol. The highest BCUT2D eigenvalue weighted by Crippen LogP contribution is 2.43. The summed E-state index contributed by atoms with van der Waals surface area (Å²) in [5.74, 6) is -2.20. The van der Waals surface area contributed by atoms with Crippen molar-refractivity contribution in [1.29, 1.82) is 0 Å². The topological polar surface area (TPSA) is 41.9 Å². The molecule has 3 rings (SSSR count). The van der Waals surface area contributed by atoms with Gasteiger partial charge < -0.3 is 4.74 Å². The second-order valence-corrected chi connectivity index (χ2v) is 7.03. The van der Waals surface area contributed by atoms with Crippen LogP contribution in [0.4, 0.5) is 8.78 Å². The van der Waals surface area contributed by atoms with E-state index in [1.807, 2.05) is 0 Å². The molecule has 1 aliphatic heterocycles. The summed E-state index contributed by atoms with van der Waals surface area (Å²) in [6.07, 6.45) is 0. The maximum absolute atomic E-state index is 14.6. The molecule has 130 valence electrons. The molecule has 0 saturated heterocycles. The fourth-order valence-electron chi connectivity index (χ4n) is 2.64. The van der Waals surface area contributed by atoms with Gasteiger partial charge >= 0.3 is 0 Å². The normalized spacial score (nSPS) is 20.0. The van der Waals surface area contributed by atoms with E-state index < -0.39 is 27.4 Å². The number of halogens is 4. The molecule has 0 bridgehead atoms. The van der Waals surface area contributed by atoms with E-state index in [1.165, 1.54) is 14.2 Å². The minimum Gasteiger partial charge on any atom is -0.497 e. The molecule has 4 nitrogen and oxygen atoms in total. The van der Waals surface area contributed by atoms with Crippen molar-refractivity contribution in [3.63, 3.8) is 0 Å². The van der Waals surface area contributed by atoms with Gasteiger partial charge in [-0.15, -0.1) is 0 Å². The smallest absolute Gasteiger partial charge is 0.270 e. The number of amides is 1. The molecule has 2 aromatic carbocycles. The van der Waals surface area contributed by atoms with Crippen LogP contribution in [-0.4, -0.2) is 30.8 Å². The van der Waals surface area contributed by atoms with Crippen molar-refractivity contribution in [1.82, 2.24) is 5.01 Å². The first-order chi connectivity index (χ1) is 11.8. The molecule has 2 aromatic rings. The summed E-state index contributed by atoms with van der Waals surface area (Å²) in [5, 5.41) is 5.58. The molecular formula is C17H12BrClF2N2O2. The van der Waals surface area contributed by atoms with E-state index in [0.717, 1.165) is 17.1 Å². The number of hydrazone groups is 1. The van der Waals surface area contributed by atoms with Crippen LogP contribution in [0.1, 0.15) is 11.1 Å². The Balaban J connectivity index is 2.22. The number of methoxy groups -OCH3 is 1. The van der Waals surface area contributed by atoms with Crippen LogP contribution in [0.5, 0.6) is 5.75 Å². The molecule has 1 aliphatic rings. The van der Waals surface area contributed by atoms with Crippen LogP contribution in [0, 0.1) is 11.6 Å². The number of carbonyl (C=O) groups is 1. The Morgan fingerprint density at radius 2 is 1.76 bits per heavy atom. The number of alkyl halides is 1. The molecule has 1 atom stereocenters. The maximum Gasteiger partial charge on any atom is 0.270 e. The molecule has 8 heteroatoms. The minimum atomic E-state index is -1.53. The molecule has 0 N–H and O–H groups in total. The lowest BCUT2D eigenvalue weighted by atomic mass is 9.89. The zero-order chi connectivity index (χ0) is 18.4. The van der Waals surface area contributed by atoms with Gasteiger partial charge in [0.15, 0.2) is 4.32 Å². The van der Waals surface area contributed by atoms with Crippen molar-refractivity contribution < 1.29 is 18.3 Å². The van der Waals surface area contributed by atoms with Crippen LogP contribution in [0.2, 0.25) is 5.02 Å². The molecular weight excluding hydrogens is 418 g/mol. The van der Waals surface area contributed by atoms with Crippen LogP contribution in [-0.2, 0) is 9.12 Å². The third kappa shape index (κ3) is 2.81. The van der Waals surface area contributed by atoms with Gasteiger partial charge in [-0.25, -0.2) is 13.8 Å². The van der Waals surface area contributed by atoms with Gasteiger partial charge in [-0.05, 0) is 17.7 Å². The SMILES string of the molecule is COc1cc(F)c(C2=NN(C)C(=O)C2(Br)c2ccc(Cl)cc2)c(F)c1. The predicted octanol–water partition coefficient (Wildman–Crippen LogP) is 4.09. The van der Waals surface area contributed by atoms with Gasteiger partial charge in [-0.3, -0.25) is 4.79 Å². The molecule has 1 amide bonds. The standard InChI is InChI=1S/C17H12BrClF2N2O2/c1-23-16(24)17(18,9-3-5-10(19)6-4-9)15(22-23)14-12(20)7-11(25-2)8-13(14)21/h3-8H,1-2H3. The number of likely N-dealkylation sites (N-methyl/N-ethyl adjacent to an activating group) is 1. The van der Waals surface area contributed by atoms with E-state index >= 15 is 0 Å². The Kier molecular flexibility index (Phi) is 4.55. The molecule has 0 fully saturated rings. The Labute approximate surface area is 156 Å². The largest absolute Gasteiger partial charge is 0.497 e. The quantitative estimate of drug-likeness (QED) is 0.690. The highest BCUT2D eigenvalue weighted by atomic mass is 79.9. The van der Waals surface area contributed by atoms with Gasteiger partial charge in [0.25, 0.3) is 5.91 Å². The maximum atomic E-state index is 14.6. The fraction of sp³-hybridized carbons (Fsp3) is 0.176. The highest BCUT2D eigenvalue weighted by molar-refractivity contribution is 9.10. The molecule has 1 heterocycles. The van der Waals surface area contributed by atoms with Gasteiger partial charge in [0.1, 0.15) is 23.1 Å². The van der Waals surface area contributed by atoms with Crippen molar-refractivity contribution in [2.75, 3.05) is 14.2 Å². The van der Waals surface area contributed by atoms with E-state index in [9.17, 15) is 13.6 Å². The van der Waals surface area contributed by atoms with Crippen molar-refractivity contribution >= 4 is 39.1 Å². The van der Waals surface area contributed by atoms with Crippen molar-refractivity contribution in [2.45, 2.75) is 4.32 Å². The van der Waals surface area contributed by atoms with E-state index in [2.05, 4.69) is 21.0 Å². The number of hydrogen-bond acceptors (Lipinski definition) is 3. The van der Waals surface area contributed by atoms with Crippen molar-refractivity contribution in [3.05, 3.63) is 64.2 Å². The number of rotatable bonds is 3. The Bertz CT molecular complexity index is 866. The van der Waals surface area contributed by atoms with Crippen molar-refractivity contribution in [3.8, 4) is 5.75 Å². The second kappa shape index (κ2) is 6.38. The Morgan fingerprint density at radius 1 is 1.20 bits per heavy atom. The summed E-state index contributed by atoms with van der Waals surface area (Å²) < 4.78 is 32.4. The summed E-state index contributed by atoms with van der Waals surface area (Å²) in [6, 6.07) is 8.46. The number of carbonyl (C=O) groups excluding carboxylic acids is 1. The second-order valence-electron chi connectivity index (χ2n) is 5.41. The van der Waals surface area contributed by atoms with Gasteiger partial charge in [0, 0.05) is 24.2 Å². The molecule has 25 heavy (non-hydrogen) atoms. The number of hydrogen-bond donors (Lipinski definition) is 0. The molecule has 1 unspecified atom stereocenters. The molecule has 0 spiro atoms. The number of nitrogens with zero attached hydrogens (tertiary/aromatic N) is 2. The fourth-order valence-corrected chi connectivity index (χ4v) is 3.57. The zero-order valence-corrected chi connectivity index (χ0v) is 15.5. The summed E-state index contributed by atoms with van der Waals surface area (Å²) in [4.78, 5) is 12.7. The summed E-state index contributed by atoms with van der Waals surface area (Å²) in [6.45, 7) is 0. The summed E-state index contributed by atoms with van der Waals surface area (Å²) in [7, 11) is 2.72. The lowest BCUT2D eigenvalue weighted by Gasteiger charge is -2.23. The van der Waals surface area contributed by atoms with Gasteiger partial charge in [-0.2, -0.15) is 5.10 Å². The average molecular weight is 430 g/mol. The third-order valence-corrected chi connectivity index (χ3v) is 5.32. The number of benzene rings is 2. The molecule has 0 saturated carbocycles. The van der Waals surface area contributed by atoms with E-state index in [0.29, 0.717) is 10.6 Å². The van der Waals surface area contributed by atoms with Gasteiger partial charge in [-0.1, -0.05) is 39.7 Å².